The van der Waals surface area contributed by atoms with Crippen LogP contribution in [0.2, 0.25) is 0 Å². The molecule has 0 fully saturated rings. The van der Waals surface area contributed by atoms with Crippen molar-refractivity contribution in [2.45, 2.75) is 40.5 Å². The van der Waals surface area contributed by atoms with Gasteiger partial charge in [0.1, 0.15) is 5.56 Å². The fourth-order valence-corrected chi connectivity index (χ4v) is 3.15. The van der Waals surface area contributed by atoms with Crippen molar-refractivity contribution >= 4 is 17.6 Å². The van der Waals surface area contributed by atoms with Crippen LogP contribution in [0.1, 0.15) is 58.1 Å². The predicted molar refractivity (Wildman–Crippen MR) is 93.0 cm³/mol. The van der Waals surface area contributed by atoms with E-state index in [1.165, 1.54) is 6.07 Å². The van der Waals surface area contributed by atoms with Gasteiger partial charge in [0.2, 0.25) is 5.95 Å². The maximum absolute atomic E-state index is 12.5. The number of aromatic amines is 1. The van der Waals surface area contributed by atoms with Crippen LogP contribution in [0.4, 0.5) is 5.95 Å². The SMILES string of the molecule is Cc1cc(C)nc(NC(=O)c2cc3c([nH]c2=O)CC(C)(C)CC3=O)n1. The van der Waals surface area contributed by atoms with Gasteiger partial charge in [-0.05, 0) is 37.8 Å². The number of nitrogens with zero attached hydrogens (tertiary/aromatic N) is 2. The number of anilines is 1. The molecule has 3 rings (SSSR count). The van der Waals surface area contributed by atoms with Crippen LogP contribution in [0.5, 0.6) is 0 Å². The highest BCUT2D eigenvalue weighted by atomic mass is 16.2. The molecule has 2 N–H and O–H groups in total. The van der Waals surface area contributed by atoms with Gasteiger partial charge in [-0.2, -0.15) is 0 Å². The van der Waals surface area contributed by atoms with Crippen molar-refractivity contribution < 1.29 is 9.59 Å². The Kier molecular flexibility index (Phi) is 4.02. The summed E-state index contributed by atoms with van der Waals surface area (Å²) in [5.74, 6) is -0.571. The minimum atomic E-state index is -0.633. The summed E-state index contributed by atoms with van der Waals surface area (Å²) >= 11 is 0. The predicted octanol–water partition coefficient (Wildman–Crippen LogP) is 2.19. The maximum atomic E-state index is 12.5. The molecular weight excluding hydrogens is 320 g/mol. The molecule has 2 aromatic heterocycles. The minimum absolute atomic E-state index is 0.0702. The zero-order valence-corrected chi connectivity index (χ0v) is 14.7. The van der Waals surface area contributed by atoms with Crippen LogP contribution in [0.25, 0.3) is 0 Å². The van der Waals surface area contributed by atoms with Crippen LogP contribution in [0, 0.1) is 19.3 Å². The van der Waals surface area contributed by atoms with Crippen molar-refractivity contribution in [2.24, 2.45) is 5.41 Å². The third-order valence-corrected chi connectivity index (χ3v) is 4.17. The number of hydrogen-bond acceptors (Lipinski definition) is 5. The number of hydrogen-bond donors (Lipinski definition) is 2. The molecule has 1 aliphatic carbocycles. The van der Waals surface area contributed by atoms with E-state index in [1.807, 2.05) is 13.8 Å². The van der Waals surface area contributed by atoms with Gasteiger partial charge in [-0.3, -0.25) is 19.7 Å². The van der Waals surface area contributed by atoms with Crippen molar-refractivity contribution in [3.05, 3.63) is 50.7 Å². The first-order valence-corrected chi connectivity index (χ1v) is 8.08. The van der Waals surface area contributed by atoms with Crippen molar-refractivity contribution in [2.75, 3.05) is 5.32 Å². The summed E-state index contributed by atoms with van der Waals surface area (Å²) in [5.41, 5.74) is 1.57. The summed E-state index contributed by atoms with van der Waals surface area (Å²) < 4.78 is 0. The summed E-state index contributed by atoms with van der Waals surface area (Å²) in [6.07, 6.45) is 0.971. The molecule has 7 nitrogen and oxygen atoms in total. The Balaban J connectivity index is 1.95. The third-order valence-electron chi connectivity index (χ3n) is 4.17. The first-order chi connectivity index (χ1) is 11.6. The van der Waals surface area contributed by atoms with Crippen molar-refractivity contribution in [3.8, 4) is 0 Å². The number of carbonyl (C=O) groups is 2. The molecule has 0 bridgehead atoms. The van der Waals surface area contributed by atoms with Crippen molar-refractivity contribution in [3.63, 3.8) is 0 Å². The fraction of sp³-hybridized carbons (Fsp3) is 0.389. The van der Waals surface area contributed by atoms with Gasteiger partial charge in [0.25, 0.3) is 11.5 Å². The molecule has 7 heteroatoms. The third kappa shape index (κ3) is 3.50. The number of fused-ring (bicyclic) bond motifs is 1. The minimum Gasteiger partial charge on any atom is -0.325 e. The van der Waals surface area contributed by atoms with Gasteiger partial charge in [-0.25, -0.2) is 9.97 Å². The molecule has 1 aliphatic rings. The zero-order valence-electron chi connectivity index (χ0n) is 14.7. The van der Waals surface area contributed by atoms with Crippen LogP contribution in [0.3, 0.4) is 0 Å². The Bertz CT molecular complexity index is 924. The highest BCUT2D eigenvalue weighted by Gasteiger charge is 2.32. The number of amides is 1. The van der Waals surface area contributed by atoms with E-state index in [1.54, 1.807) is 19.9 Å². The topological polar surface area (TPSA) is 105 Å². The van der Waals surface area contributed by atoms with Gasteiger partial charge in [0, 0.05) is 29.1 Å². The lowest BCUT2D eigenvalue weighted by Gasteiger charge is -2.29. The van der Waals surface area contributed by atoms with Gasteiger partial charge >= 0.3 is 0 Å². The number of rotatable bonds is 2. The van der Waals surface area contributed by atoms with E-state index in [0.29, 0.717) is 35.5 Å². The molecule has 2 heterocycles. The number of carbonyl (C=O) groups excluding carboxylic acids is 2. The highest BCUT2D eigenvalue weighted by Crippen LogP contribution is 2.33. The summed E-state index contributed by atoms with van der Waals surface area (Å²) in [7, 11) is 0. The highest BCUT2D eigenvalue weighted by molar-refractivity contribution is 6.06. The van der Waals surface area contributed by atoms with Gasteiger partial charge in [-0.1, -0.05) is 13.8 Å². The maximum Gasteiger partial charge on any atom is 0.263 e. The average Bonchev–Trinajstić information content (AvgIpc) is 2.43. The van der Waals surface area contributed by atoms with Gasteiger partial charge in [0.05, 0.1) is 0 Å². The molecule has 0 saturated heterocycles. The van der Waals surface area contributed by atoms with E-state index < -0.39 is 11.5 Å². The lowest BCUT2D eigenvalue weighted by Crippen LogP contribution is -2.33. The summed E-state index contributed by atoms with van der Waals surface area (Å²) in [6.45, 7) is 7.53. The summed E-state index contributed by atoms with van der Waals surface area (Å²) in [6, 6.07) is 3.16. The first-order valence-electron chi connectivity index (χ1n) is 8.08. The summed E-state index contributed by atoms with van der Waals surface area (Å²) in [5, 5.41) is 2.53. The van der Waals surface area contributed by atoms with Crippen LogP contribution >= 0.6 is 0 Å². The monoisotopic (exact) mass is 340 g/mol. The fourth-order valence-electron chi connectivity index (χ4n) is 3.15. The number of nitrogens with one attached hydrogen (secondary N) is 2. The Labute approximate surface area is 144 Å². The molecule has 0 atom stereocenters. The molecule has 0 unspecified atom stereocenters. The number of aromatic nitrogens is 3. The van der Waals surface area contributed by atoms with Crippen LogP contribution in [-0.4, -0.2) is 26.6 Å². The van der Waals surface area contributed by atoms with E-state index in [-0.39, 0.29) is 22.7 Å². The number of ketones is 1. The smallest absolute Gasteiger partial charge is 0.263 e. The van der Waals surface area contributed by atoms with Gasteiger partial charge < -0.3 is 4.98 Å². The molecule has 0 spiro atoms. The van der Waals surface area contributed by atoms with Crippen molar-refractivity contribution in [1.29, 1.82) is 0 Å². The molecule has 0 aliphatic heterocycles. The zero-order chi connectivity index (χ0) is 18.4. The van der Waals surface area contributed by atoms with E-state index >= 15 is 0 Å². The Morgan fingerprint density at radius 2 is 1.76 bits per heavy atom. The molecule has 25 heavy (non-hydrogen) atoms. The van der Waals surface area contributed by atoms with Crippen LogP contribution < -0.4 is 10.9 Å². The van der Waals surface area contributed by atoms with E-state index in [0.717, 1.165) is 0 Å². The van der Waals surface area contributed by atoms with Gasteiger partial charge in [-0.15, -0.1) is 0 Å². The van der Waals surface area contributed by atoms with Crippen LogP contribution in [0.15, 0.2) is 16.9 Å². The molecule has 1 amide bonds. The molecule has 0 aromatic carbocycles. The average molecular weight is 340 g/mol. The molecule has 2 aromatic rings. The quantitative estimate of drug-likeness (QED) is 0.872. The molecule has 130 valence electrons. The lowest BCUT2D eigenvalue weighted by atomic mass is 9.75. The summed E-state index contributed by atoms with van der Waals surface area (Å²) in [4.78, 5) is 48.1. The van der Waals surface area contributed by atoms with Gasteiger partial charge in [0.15, 0.2) is 5.78 Å². The Hall–Kier alpha value is -2.83. The standard InChI is InChI=1S/C18H20N4O3/c1-9-5-10(2)20-17(19-9)22-16(25)12-6-11-13(21-15(12)24)7-18(3,4)8-14(11)23/h5-6H,7-8H2,1-4H3,(H,21,24)(H,19,20,22,25). The van der Waals surface area contributed by atoms with Crippen LogP contribution in [-0.2, 0) is 6.42 Å². The molecule has 0 saturated carbocycles. The molecule has 0 radical (unpaired) electrons. The van der Waals surface area contributed by atoms with E-state index in [9.17, 15) is 14.4 Å². The second-order valence-electron chi connectivity index (χ2n) is 7.27. The number of Topliss-reactive ketones (excluding diaryl/α,β-unsaturated/α-hetero) is 1. The van der Waals surface area contributed by atoms with E-state index in [2.05, 4.69) is 20.3 Å². The van der Waals surface area contributed by atoms with Crippen molar-refractivity contribution in [1.82, 2.24) is 15.0 Å². The normalized spacial score (nSPS) is 15.6. The lowest BCUT2D eigenvalue weighted by molar-refractivity contribution is 0.0910. The Morgan fingerprint density at radius 3 is 2.40 bits per heavy atom. The second-order valence-corrected chi connectivity index (χ2v) is 7.27. The first kappa shape index (κ1) is 17.0. The Morgan fingerprint density at radius 1 is 1.12 bits per heavy atom. The number of pyridine rings is 1. The number of H-pyrrole nitrogens is 1. The van der Waals surface area contributed by atoms with E-state index in [4.69, 9.17) is 0 Å². The second kappa shape index (κ2) is 5.91. The number of aryl methyl sites for hydroxylation is 2. The largest absolute Gasteiger partial charge is 0.325 e. The molecular formula is C18H20N4O3.